The van der Waals surface area contributed by atoms with Crippen LogP contribution in [0.25, 0.3) is 0 Å². The molecule has 0 saturated heterocycles. The van der Waals surface area contributed by atoms with Crippen LogP contribution in [-0.4, -0.2) is 41.2 Å². The summed E-state index contributed by atoms with van der Waals surface area (Å²) in [4.78, 5) is 26.3. The molecule has 1 aromatic carbocycles. The number of carbonyl (C=O) groups excluding carboxylic acids is 2. The van der Waals surface area contributed by atoms with E-state index in [1.54, 1.807) is 45.0 Å². The van der Waals surface area contributed by atoms with Gasteiger partial charge < -0.3 is 15.2 Å². The van der Waals surface area contributed by atoms with E-state index in [1.807, 2.05) is 12.1 Å². The van der Waals surface area contributed by atoms with Crippen molar-refractivity contribution < 1.29 is 19.1 Å². The Hall–Kier alpha value is -3.10. The molecular weight excluding hydrogens is 360 g/mol. The quantitative estimate of drug-likeness (QED) is 0.762. The predicted molar refractivity (Wildman–Crippen MR) is 102 cm³/mol. The Morgan fingerprint density at radius 1 is 1.18 bits per heavy atom. The van der Waals surface area contributed by atoms with E-state index in [9.17, 15) is 9.59 Å². The van der Waals surface area contributed by atoms with Crippen molar-refractivity contribution in [2.45, 2.75) is 52.3 Å². The van der Waals surface area contributed by atoms with Gasteiger partial charge in [0, 0.05) is 0 Å². The van der Waals surface area contributed by atoms with Crippen LogP contribution in [0.5, 0.6) is 5.75 Å². The summed E-state index contributed by atoms with van der Waals surface area (Å²) in [5.74, 6) is -0.319. The number of amides is 2. The molecule has 0 spiro atoms. The third-order valence-corrected chi connectivity index (χ3v) is 3.96. The van der Waals surface area contributed by atoms with Crippen LogP contribution in [-0.2, 0) is 9.53 Å². The molecule has 0 aliphatic rings. The van der Waals surface area contributed by atoms with Gasteiger partial charge in [0.25, 0.3) is 0 Å². The summed E-state index contributed by atoms with van der Waals surface area (Å²) in [5.41, 5.74) is 5.03. The first-order valence-corrected chi connectivity index (χ1v) is 8.88. The van der Waals surface area contributed by atoms with Crippen LogP contribution in [0.2, 0.25) is 0 Å². The van der Waals surface area contributed by atoms with Crippen LogP contribution in [0.15, 0.2) is 24.3 Å². The lowest BCUT2D eigenvalue weighted by atomic mass is 10.0. The molecule has 2 atom stereocenters. The SMILES string of the molecule is CC(C)[C@H](N)C(=O)N(C(=O)OC(C)(C)C#N)C(C)COc1ccc(C#N)cc1. The van der Waals surface area contributed by atoms with E-state index >= 15 is 0 Å². The van der Waals surface area contributed by atoms with Crippen LogP contribution in [0.4, 0.5) is 4.79 Å². The molecule has 0 heterocycles. The number of hydrogen-bond donors (Lipinski definition) is 1. The summed E-state index contributed by atoms with van der Waals surface area (Å²) in [6.45, 7) is 7.99. The van der Waals surface area contributed by atoms with E-state index in [2.05, 4.69) is 0 Å². The zero-order valence-electron chi connectivity index (χ0n) is 16.8. The Bertz CT molecular complexity index is 775. The molecule has 0 bridgehead atoms. The Kier molecular flexibility index (Phi) is 7.97. The molecule has 0 aliphatic carbocycles. The van der Waals surface area contributed by atoms with Crippen molar-refractivity contribution in [3.05, 3.63) is 29.8 Å². The van der Waals surface area contributed by atoms with Gasteiger partial charge in [-0.25, -0.2) is 9.69 Å². The van der Waals surface area contributed by atoms with Crippen molar-refractivity contribution in [3.63, 3.8) is 0 Å². The lowest BCUT2D eigenvalue weighted by Crippen LogP contribution is -2.55. The topological polar surface area (TPSA) is 129 Å². The first-order chi connectivity index (χ1) is 13.0. The third kappa shape index (κ3) is 6.26. The van der Waals surface area contributed by atoms with E-state index < -0.39 is 29.7 Å². The molecule has 150 valence electrons. The first-order valence-electron chi connectivity index (χ1n) is 8.88. The number of hydrogen-bond acceptors (Lipinski definition) is 7. The summed E-state index contributed by atoms with van der Waals surface area (Å²) in [7, 11) is 0. The summed E-state index contributed by atoms with van der Waals surface area (Å²) in [6, 6.07) is 8.69. The highest BCUT2D eigenvalue weighted by molar-refractivity contribution is 5.95. The van der Waals surface area contributed by atoms with Crippen LogP contribution >= 0.6 is 0 Å². The number of carbonyl (C=O) groups is 2. The molecular formula is C20H26N4O4. The summed E-state index contributed by atoms with van der Waals surface area (Å²) in [5, 5.41) is 17.9. The molecule has 0 radical (unpaired) electrons. The van der Waals surface area contributed by atoms with Crippen LogP contribution in [0.1, 0.15) is 40.2 Å². The molecule has 1 aromatic rings. The van der Waals surface area contributed by atoms with Gasteiger partial charge in [-0.1, -0.05) is 13.8 Å². The van der Waals surface area contributed by atoms with E-state index in [-0.39, 0.29) is 12.5 Å². The van der Waals surface area contributed by atoms with Gasteiger partial charge in [0.1, 0.15) is 18.4 Å². The number of rotatable bonds is 7. The van der Waals surface area contributed by atoms with Gasteiger partial charge in [-0.05, 0) is 51.0 Å². The fourth-order valence-electron chi connectivity index (χ4n) is 2.14. The van der Waals surface area contributed by atoms with Crippen molar-refractivity contribution in [2.24, 2.45) is 11.7 Å². The number of ether oxygens (including phenoxy) is 2. The molecule has 8 heteroatoms. The zero-order valence-corrected chi connectivity index (χ0v) is 16.8. The number of nitrogens with two attached hydrogens (primary N) is 1. The molecule has 0 aromatic heterocycles. The summed E-state index contributed by atoms with van der Waals surface area (Å²) < 4.78 is 10.8. The second kappa shape index (κ2) is 9.72. The maximum absolute atomic E-state index is 12.8. The third-order valence-electron chi connectivity index (χ3n) is 3.96. The predicted octanol–water partition coefficient (Wildman–Crippen LogP) is 2.58. The lowest BCUT2D eigenvalue weighted by Gasteiger charge is -2.31. The highest BCUT2D eigenvalue weighted by atomic mass is 16.6. The summed E-state index contributed by atoms with van der Waals surface area (Å²) >= 11 is 0. The average Bonchev–Trinajstić information content (AvgIpc) is 2.65. The second-order valence-corrected chi connectivity index (χ2v) is 7.26. The number of nitriles is 2. The molecule has 2 amide bonds. The van der Waals surface area contributed by atoms with E-state index in [0.29, 0.717) is 11.3 Å². The maximum atomic E-state index is 12.8. The molecule has 2 N–H and O–H groups in total. The molecule has 28 heavy (non-hydrogen) atoms. The van der Waals surface area contributed by atoms with Gasteiger partial charge in [0.15, 0.2) is 5.60 Å². The number of imide groups is 1. The fraction of sp³-hybridized carbons (Fsp3) is 0.500. The van der Waals surface area contributed by atoms with Crippen LogP contribution in [0.3, 0.4) is 0 Å². The standard InChI is InChI=1S/C20H26N4O4/c1-13(2)17(23)18(25)24(19(26)28-20(4,5)12-22)14(3)11-27-16-8-6-15(10-21)7-9-16/h6-9,13-14,17H,11,23H2,1-5H3/t14?,17-/m0/s1. The van der Waals surface area contributed by atoms with Gasteiger partial charge in [-0.2, -0.15) is 10.5 Å². The van der Waals surface area contributed by atoms with Gasteiger partial charge in [0.05, 0.1) is 23.7 Å². The van der Waals surface area contributed by atoms with Crippen molar-refractivity contribution in [1.29, 1.82) is 10.5 Å². The van der Waals surface area contributed by atoms with Gasteiger partial charge >= 0.3 is 6.09 Å². The molecule has 0 saturated carbocycles. The minimum atomic E-state index is -1.40. The minimum Gasteiger partial charge on any atom is -0.491 e. The van der Waals surface area contributed by atoms with Crippen LogP contribution < -0.4 is 10.5 Å². The molecule has 0 aliphatic heterocycles. The number of benzene rings is 1. The first kappa shape index (κ1) is 22.9. The highest BCUT2D eigenvalue weighted by Crippen LogP contribution is 2.17. The second-order valence-electron chi connectivity index (χ2n) is 7.26. The van der Waals surface area contributed by atoms with E-state index in [4.69, 9.17) is 25.7 Å². The van der Waals surface area contributed by atoms with Crippen molar-refractivity contribution in [1.82, 2.24) is 4.90 Å². The molecule has 0 fully saturated rings. The van der Waals surface area contributed by atoms with Gasteiger partial charge in [0.2, 0.25) is 5.91 Å². The molecule has 1 unspecified atom stereocenters. The Balaban J connectivity index is 2.98. The maximum Gasteiger partial charge on any atom is 0.418 e. The van der Waals surface area contributed by atoms with Crippen molar-refractivity contribution in [3.8, 4) is 17.9 Å². The van der Waals surface area contributed by atoms with E-state index in [1.165, 1.54) is 13.8 Å². The Morgan fingerprint density at radius 3 is 2.21 bits per heavy atom. The van der Waals surface area contributed by atoms with Crippen molar-refractivity contribution in [2.75, 3.05) is 6.61 Å². The lowest BCUT2D eigenvalue weighted by molar-refractivity contribution is -0.134. The normalized spacial score (nSPS) is 13.0. The summed E-state index contributed by atoms with van der Waals surface area (Å²) in [6.07, 6.45) is -0.955. The average molecular weight is 386 g/mol. The minimum absolute atomic E-state index is 0.00939. The zero-order chi connectivity index (χ0) is 21.5. The van der Waals surface area contributed by atoms with Gasteiger partial charge in [-0.3, -0.25) is 4.79 Å². The van der Waals surface area contributed by atoms with Crippen LogP contribution in [0, 0.1) is 28.6 Å². The molecule has 1 rings (SSSR count). The monoisotopic (exact) mass is 386 g/mol. The smallest absolute Gasteiger partial charge is 0.418 e. The van der Waals surface area contributed by atoms with E-state index in [0.717, 1.165) is 4.90 Å². The fourth-order valence-corrected chi connectivity index (χ4v) is 2.14. The largest absolute Gasteiger partial charge is 0.491 e. The van der Waals surface area contributed by atoms with Gasteiger partial charge in [-0.15, -0.1) is 0 Å². The molecule has 8 nitrogen and oxygen atoms in total. The highest BCUT2D eigenvalue weighted by Gasteiger charge is 2.36. The Labute approximate surface area is 165 Å². The number of nitrogens with zero attached hydrogens (tertiary/aromatic N) is 3. The Morgan fingerprint density at radius 2 is 1.75 bits per heavy atom. The van der Waals surface area contributed by atoms with Crippen molar-refractivity contribution >= 4 is 12.0 Å².